The summed E-state index contributed by atoms with van der Waals surface area (Å²) < 4.78 is 11.7. The van der Waals surface area contributed by atoms with Crippen molar-refractivity contribution in [3.63, 3.8) is 0 Å². The van der Waals surface area contributed by atoms with E-state index >= 15 is 0 Å². The fraction of sp³-hybridized carbons (Fsp3) is 0.682. The first kappa shape index (κ1) is 23.9. The highest BCUT2D eigenvalue weighted by molar-refractivity contribution is 6.77. The first-order chi connectivity index (χ1) is 12.7. The van der Waals surface area contributed by atoms with Crippen LogP contribution in [0.5, 0.6) is 0 Å². The normalized spacial score (nSPS) is 13.4. The van der Waals surface area contributed by atoms with Crippen LogP contribution in [0.1, 0.15) is 71.2 Å². The van der Waals surface area contributed by atoms with Crippen molar-refractivity contribution in [2.45, 2.75) is 83.5 Å². The Labute approximate surface area is 166 Å². The lowest BCUT2D eigenvalue weighted by Gasteiger charge is -2.42. The largest absolute Gasteiger partial charge is 0.459 e. The van der Waals surface area contributed by atoms with Crippen molar-refractivity contribution in [2.75, 3.05) is 13.2 Å². The number of hydrogen-bond donors (Lipinski definition) is 1. The van der Waals surface area contributed by atoms with Gasteiger partial charge in [-0.25, -0.2) is 4.79 Å². The van der Waals surface area contributed by atoms with Crippen LogP contribution in [0.4, 0.5) is 0 Å². The van der Waals surface area contributed by atoms with Crippen molar-refractivity contribution in [1.29, 1.82) is 0 Å². The van der Waals surface area contributed by atoms with Gasteiger partial charge in [0.05, 0.1) is 11.7 Å². The maximum atomic E-state index is 11.9. The second-order valence-electron chi connectivity index (χ2n) is 8.28. The van der Waals surface area contributed by atoms with E-state index < -0.39 is 14.4 Å². The molecule has 0 fully saturated rings. The van der Waals surface area contributed by atoms with Gasteiger partial charge >= 0.3 is 5.97 Å². The van der Waals surface area contributed by atoms with E-state index in [0.717, 1.165) is 19.4 Å². The second kappa shape index (κ2) is 11.6. The standard InChI is InChI=1S/C22H38O4Si/c1-17(2)27(18(3)4,19(5)6)26-15-11-10-14-21(23)16-25-22(24)20-12-8-7-9-13-20/h7-9,12-13,17-19,21,23H,10-11,14-16H2,1-6H3. The maximum Gasteiger partial charge on any atom is 0.338 e. The van der Waals surface area contributed by atoms with Crippen LogP contribution >= 0.6 is 0 Å². The Morgan fingerprint density at radius 3 is 2.04 bits per heavy atom. The molecule has 5 heteroatoms. The minimum Gasteiger partial charge on any atom is -0.459 e. The molecule has 0 radical (unpaired) electrons. The van der Waals surface area contributed by atoms with E-state index in [4.69, 9.17) is 9.16 Å². The molecule has 0 saturated carbocycles. The first-order valence-electron chi connectivity index (χ1n) is 10.3. The van der Waals surface area contributed by atoms with Crippen molar-refractivity contribution in [3.05, 3.63) is 35.9 Å². The Morgan fingerprint density at radius 2 is 1.52 bits per heavy atom. The monoisotopic (exact) mass is 394 g/mol. The summed E-state index contributed by atoms with van der Waals surface area (Å²) in [5.74, 6) is -0.389. The lowest BCUT2D eigenvalue weighted by Crippen LogP contribution is -2.47. The Hall–Kier alpha value is -1.17. The van der Waals surface area contributed by atoms with Crippen molar-refractivity contribution in [2.24, 2.45) is 0 Å². The van der Waals surface area contributed by atoms with E-state index in [1.54, 1.807) is 24.3 Å². The number of carbonyl (C=O) groups is 1. The highest BCUT2D eigenvalue weighted by Gasteiger charge is 2.44. The number of ether oxygens (including phenoxy) is 1. The predicted octanol–water partition coefficient (Wildman–Crippen LogP) is 5.57. The van der Waals surface area contributed by atoms with Gasteiger partial charge in [0.25, 0.3) is 0 Å². The molecule has 1 N–H and O–H groups in total. The topological polar surface area (TPSA) is 55.8 Å². The van der Waals surface area contributed by atoms with Crippen molar-refractivity contribution >= 4 is 14.3 Å². The number of esters is 1. The van der Waals surface area contributed by atoms with Crippen molar-refractivity contribution < 1.29 is 19.1 Å². The fourth-order valence-electron chi connectivity index (χ4n) is 4.14. The van der Waals surface area contributed by atoms with Crippen LogP contribution in [0.25, 0.3) is 0 Å². The van der Waals surface area contributed by atoms with Gasteiger partial charge in [-0.3, -0.25) is 0 Å². The number of benzene rings is 1. The fourth-order valence-corrected chi connectivity index (χ4v) is 9.64. The van der Waals surface area contributed by atoms with E-state index in [2.05, 4.69) is 41.5 Å². The Kier molecular flexibility index (Phi) is 10.3. The third-order valence-electron chi connectivity index (χ3n) is 5.41. The van der Waals surface area contributed by atoms with Gasteiger partial charge < -0.3 is 14.3 Å². The number of unbranched alkanes of at least 4 members (excludes halogenated alkanes) is 1. The van der Waals surface area contributed by atoms with Crippen LogP contribution in [0.2, 0.25) is 16.6 Å². The molecular formula is C22H38O4Si. The number of aliphatic hydroxyl groups is 1. The van der Waals surface area contributed by atoms with Gasteiger partial charge in [0, 0.05) is 6.61 Å². The molecule has 4 nitrogen and oxygen atoms in total. The molecule has 0 spiro atoms. The molecule has 0 aromatic heterocycles. The molecule has 0 saturated heterocycles. The molecule has 1 aromatic rings. The summed E-state index contributed by atoms with van der Waals surface area (Å²) in [4.78, 5) is 11.9. The Morgan fingerprint density at radius 1 is 0.963 bits per heavy atom. The molecule has 1 atom stereocenters. The second-order valence-corrected chi connectivity index (χ2v) is 13.7. The molecule has 1 unspecified atom stereocenters. The number of carbonyl (C=O) groups excluding carboxylic acids is 1. The summed E-state index contributed by atoms with van der Waals surface area (Å²) >= 11 is 0. The molecule has 0 aliphatic carbocycles. The average molecular weight is 395 g/mol. The molecule has 27 heavy (non-hydrogen) atoms. The Balaban J connectivity index is 2.31. The molecule has 0 aliphatic heterocycles. The van der Waals surface area contributed by atoms with Crippen molar-refractivity contribution in [1.82, 2.24) is 0 Å². The highest BCUT2D eigenvalue weighted by atomic mass is 28.4. The number of rotatable bonds is 12. The summed E-state index contributed by atoms with van der Waals surface area (Å²) in [5, 5.41) is 10.1. The third-order valence-corrected chi connectivity index (χ3v) is 11.5. The molecule has 0 heterocycles. The zero-order valence-electron chi connectivity index (χ0n) is 17.9. The zero-order valence-corrected chi connectivity index (χ0v) is 18.9. The Bertz CT molecular complexity index is 521. The highest BCUT2D eigenvalue weighted by Crippen LogP contribution is 2.42. The molecule has 0 aliphatic rings. The van der Waals surface area contributed by atoms with Crippen LogP contribution in [0, 0.1) is 0 Å². The van der Waals surface area contributed by atoms with E-state index in [9.17, 15) is 9.90 Å². The molecule has 1 aromatic carbocycles. The number of aliphatic hydroxyl groups excluding tert-OH is 1. The van der Waals surface area contributed by atoms with Gasteiger partial charge in [0.15, 0.2) is 8.32 Å². The molecule has 154 valence electrons. The van der Waals surface area contributed by atoms with Gasteiger partial charge in [-0.2, -0.15) is 0 Å². The number of hydrogen-bond acceptors (Lipinski definition) is 4. The van der Waals surface area contributed by atoms with Gasteiger partial charge in [-0.05, 0) is 48.0 Å². The van der Waals surface area contributed by atoms with Crippen LogP contribution in [0.3, 0.4) is 0 Å². The van der Waals surface area contributed by atoms with Gasteiger partial charge in [0.2, 0.25) is 0 Å². The summed E-state index contributed by atoms with van der Waals surface area (Å²) in [5.41, 5.74) is 2.26. The summed E-state index contributed by atoms with van der Waals surface area (Å²) in [7, 11) is -1.80. The molecule has 1 rings (SSSR count). The predicted molar refractivity (Wildman–Crippen MR) is 114 cm³/mol. The average Bonchev–Trinajstić information content (AvgIpc) is 2.62. The van der Waals surface area contributed by atoms with Gasteiger partial charge in [0.1, 0.15) is 6.61 Å². The van der Waals surface area contributed by atoms with E-state index in [-0.39, 0.29) is 12.6 Å². The summed E-state index contributed by atoms with van der Waals surface area (Å²) in [6.45, 7) is 14.5. The molecular weight excluding hydrogens is 356 g/mol. The molecule has 0 amide bonds. The van der Waals surface area contributed by atoms with Crippen LogP contribution in [-0.2, 0) is 9.16 Å². The van der Waals surface area contributed by atoms with Gasteiger partial charge in [-0.1, -0.05) is 59.7 Å². The lowest BCUT2D eigenvalue weighted by molar-refractivity contribution is 0.0230. The first-order valence-corrected chi connectivity index (χ1v) is 12.4. The molecule has 0 bridgehead atoms. The van der Waals surface area contributed by atoms with E-state index in [0.29, 0.717) is 28.6 Å². The van der Waals surface area contributed by atoms with E-state index in [1.807, 2.05) is 6.07 Å². The summed E-state index contributed by atoms with van der Waals surface area (Å²) in [6.07, 6.45) is 1.78. The van der Waals surface area contributed by atoms with Crippen LogP contribution in [0.15, 0.2) is 30.3 Å². The van der Waals surface area contributed by atoms with Crippen LogP contribution in [-0.4, -0.2) is 38.7 Å². The van der Waals surface area contributed by atoms with Gasteiger partial charge in [-0.15, -0.1) is 0 Å². The van der Waals surface area contributed by atoms with E-state index in [1.165, 1.54) is 0 Å². The SMILES string of the molecule is CC(C)[Si](OCCCCC(O)COC(=O)c1ccccc1)(C(C)C)C(C)C. The quantitative estimate of drug-likeness (QED) is 0.286. The maximum absolute atomic E-state index is 11.9. The minimum absolute atomic E-state index is 0.0389. The minimum atomic E-state index is -1.80. The lowest BCUT2D eigenvalue weighted by atomic mass is 10.1. The van der Waals surface area contributed by atoms with Crippen LogP contribution < -0.4 is 0 Å². The third kappa shape index (κ3) is 7.05. The van der Waals surface area contributed by atoms with Crippen molar-refractivity contribution in [3.8, 4) is 0 Å². The summed E-state index contributed by atoms with van der Waals surface area (Å²) in [6, 6.07) is 8.85. The smallest absolute Gasteiger partial charge is 0.338 e. The zero-order chi connectivity index (χ0) is 20.4.